The maximum atomic E-state index is 12.4. The molecule has 7 nitrogen and oxygen atoms in total. The van der Waals surface area contributed by atoms with Gasteiger partial charge in [0.15, 0.2) is 13.2 Å². The standard InChI is InChI=1S/C21H21Cl3N2O5/c1-2-9-26(11-19(27)25-18-10-15(23)5-8-17(18)24)20(28)12-31-21(29)13-30-16-6-3-14(22)4-7-16/h3-8,10H,2,9,11-13H2,1H3,(H,25,27). The van der Waals surface area contributed by atoms with Crippen molar-refractivity contribution in [3.8, 4) is 5.75 Å². The van der Waals surface area contributed by atoms with Crippen molar-refractivity contribution in [2.75, 3.05) is 31.6 Å². The highest BCUT2D eigenvalue weighted by molar-refractivity contribution is 6.35. The van der Waals surface area contributed by atoms with E-state index in [1.54, 1.807) is 36.4 Å². The number of rotatable bonds is 10. The molecule has 0 aliphatic heterocycles. The Balaban J connectivity index is 1.83. The number of nitrogens with one attached hydrogen (secondary N) is 1. The molecule has 1 N–H and O–H groups in total. The lowest BCUT2D eigenvalue weighted by Gasteiger charge is -2.21. The van der Waals surface area contributed by atoms with E-state index >= 15 is 0 Å². The Morgan fingerprint density at radius 3 is 2.32 bits per heavy atom. The Morgan fingerprint density at radius 2 is 1.65 bits per heavy atom. The zero-order chi connectivity index (χ0) is 22.8. The van der Waals surface area contributed by atoms with Crippen molar-refractivity contribution in [2.24, 2.45) is 0 Å². The largest absolute Gasteiger partial charge is 0.482 e. The van der Waals surface area contributed by atoms with Crippen LogP contribution in [0.2, 0.25) is 15.1 Å². The van der Waals surface area contributed by atoms with Crippen LogP contribution in [0.5, 0.6) is 5.75 Å². The van der Waals surface area contributed by atoms with Crippen LogP contribution >= 0.6 is 34.8 Å². The number of hydrogen-bond acceptors (Lipinski definition) is 5. The molecule has 0 bridgehead atoms. The van der Waals surface area contributed by atoms with E-state index in [1.165, 1.54) is 11.0 Å². The van der Waals surface area contributed by atoms with E-state index in [0.717, 1.165) is 0 Å². The molecule has 0 saturated carbocycles. The summed E-state index contributed by atoms with van der Waals surface area (Å²) in [7, 11) is 0. The van der Waals surface area contributed by atoms with E-state index < -0.39 is 24.4 Å². The summed E-state index contributed by atoms with van der Waals surface area (Å²) in [5.41, 5.74) is 0.342. The average Bonchev–Trinajstić information content (AvgIpc) is 2.74. The third kappa shape index (κ3) is 8.65. The van der Waals surface area contributed by atoms with Crippen LogP contribution in [0.25, 0.3) is 0 Å². The third-order valence-electron chi connectivity index (χ3n) is 3.91. The van der Waals surface area contributed by atoms with Crippen molar-refractivity contribution < 1.29 is 23.9 Å². The number of esters is 1. The van der Waals surface area contributed by atoms with Gasteiger partial charge in [-0.25, -0.2) is 4.79 Å². The highest BCUT2D eigenvalue weighted by Gasteiger charge is 2.19. The van der Waals surface area contributed by atoms with E-state index in [0.29, 0.717) is 39.5 Å². The van der Waals surface area contributed by atoms with Gasteiger partial charge < -0.3 is 19.7 Å². The second-order valence-corrected chi connectivity index (χ2v) is 7.67. The normalized spacial score (nSPS) is 10.3. The second kappa shape index (κ2) is 12.4. The fourth-order valence-corrected chi connectivity index (χ4v) is 2.93. The Hall–Kier alpha value is -2.48. The fourth-order valence-electron chi connectivity index (χ4n) is 2.47. The quantitative estimate of drug-likeness (QED) is 0.501. The van der Waals surface area contributed by atoms with Gasteiger partial charge in [0.1, 0.15) is 5.75 Å². The first-order chi connectivity index (χ1) is 14.8. The molecule has 166 valence electrons. The monoisotopic (exact) mass is 486 g/mol. The lowest BCUT2D eigenvalue weighted by atomic mass is 10.3. The summed E-state index contributed by atoms with van der Waals surface area (Å²) >= 11 is 17.7. The predicted molar refractivity (Wildman–Crippen MR) is 120 cm³/mol. The molecule has 0 atom stereocenters. The van der Waals surface area contributed by atoms with Crippen LogP contribution in [0.1, 0.15) is 13.3 Å². The van der Waals surface area contributed by atoms with Crippen molar-refractivity contribution in [1.82, 2.24) is 4.90 Å². The summed E-state index contributed by atoms with van der Waals surface area (Å²) in [6.45, 7) is 1.07. The molecule has 0 saturated heterocycles. The number of benzene rings is 2. The molecule has 31 heavy (non-hydrogen) atoms. The van der Waals surface area contributed by atoms with Gasteiger partial charge >= 0.3 is 5.97 Å². The molecule has 2 amide bonds. The molecular formula is C21H21Cl3N2O5. The number of carbonyl (C=O) groups is 3. The Labute approximate surface area is 195 Å². The highest BCUT2D eigenvalue weighted by atomic mass is 35.5. The van der Waals surface area contributed by atoms with E-state index in [9.17, 15) is 14.4 Å². The molecule has 0 aliphatic carbocycles. The zero-order valence-electron chi connectivity index (χ0n) is 16.7. The molecular weight excluding hydrogens is 467 g/mol. The van der Waals surface area contributed by atoms with Crippen LogP contribution in [0.3, 0.4) is 0 Å². The number of hydrogen-bond donors (Lipinski definition) is 1. The average molecular weight is 488 g/mol. The van der Waals surface area contributed by atoms with Gasteiger partial charge in [0.25, 0.3) is 5.91 Å². The molecule has 0 aliphatic rings. The van der Waals surface area contributed by atoms with E-state index in [-0.39, 0.29) is 13.2 Å². The van der Waals surface area contributed by atoms with Crippen molar-refractivity contribution in [2.45, 2.75) is 13.3 Å². The van der Waals surface area contributed by atoms with Gasteiger partial charge in [0.2, 0.25) is 5.91 Å². The second-order valence-electron chi connectivity index (χ2n) is 6.39. The first-order valence-corrected chi connectivity index (χ1v) is 10.5. The minimum Gasteiger partial charge on any atom is -0.482 e. The maximum absolute atomic E-state index is 12.4. The smallest absolute Gasteiger partial charge is 0.344 e. The topological polar surface area (TPSA) is 84.9 Å². The first kappa shape index (κ1) is 24.8. The van der Waals surface area contributed by atoms with Gasteiger partial charge in [-0.05, 0) is 48.9 Å². The molecule has 0 spiro atoms. The lowest BCUT2D eigenvalue weighted by Crippen LogP contribution is -2.41. The molecule has 2 rings (SSSR count). The predicted octanol–water partition coefficient (Wildman–Crippen LogP) is 4.45. The third-order valence-corrected chi connectivity index (χ3v) is 4.73. The van der Waals surface area contributed by atoms with Crippen molar-refractivity contribution in [1.29, 1.82) is 0 Å². The van der Waals surface area contributed by atoms with E-state index in [4.69, 9.17) is 44.3 Å². The number of ether oxygens (including phenoxy) is 2. The highest BCUT2D eigenvalue weighted by Crippen LogP contribution is 2.25. The van der Waals surface area contributed by atoms with Crippen molar-refractivity contribution in [3.05, 3.63) is 57.5 Å². The van der Waals surface area contributed by atoms with E-state index in [1.807, 2.05) is 6.92 Å². The van der Waals surface area contributed by atoms with Gasteiger partial charge in [0.05, 0.1) is 17.3 Å². The van der Waals surface area contributed by atoms with Gasteiger partial charge in [0, 0.05) is 16.6 Å². The Kier molecular flexibility index (Phi) is 9.91. The van der Waals surface area contributed by atoms with Crippen LogP contribution < -0.4 is 10.1 Å². The number of halogens is 3. The van der Waals surface area contributed by atoms with Crippen molar-refractivity contribution >= 4 is 58.3 Å². The maximum Gasteiger partial charge on any atom is 0.344 e. The minimum absolute atomic E-state index is 0.228. The lowest BCUT2D eigenvalue weighted by molar-refractivity contribution is -0.154. The molecule has 10 heteroatoms. The van der Waals surface area contributed by atoms with Crippen molar-refractivity contribution in [3.63, 3.8) is 0 Å². The summed E-state index contributed by atoms with van der Waals surface area (Å²) in [6, 6.07) is 11.1. The Bertz CT molecular complexity index is 922. The molecule has 0 unspecified atom stereocenters. The molecule has 0 fully saturated rings. The SMILES string of the molecule is CCCN(CC(=O)Nc1cc(Cl)ccc1Cl)C(=O)COC(=O)COc1ccc(Cl)cc1. The summed E-state index contributed by atoms with van der Waals surface area (Å²) < 4.78 is 10.2. The number of anilines is 1. The van der Waals surface area contributed by atoms with E-state index in [2.05, 4.69) is 5.32 Å². The van der Waals surface area contributed by atoms with Gasteiger partial charge in [-0.2, -0.15) is 0 Å². The summed E-state index contributed by atoms with van der Waals surface area (Å²) in [5, 5.41) is 3.89. The molecule has 2 aromatic rings. The zero-order valence-corrected chi connectivity index (χ0v) is 19.0. The van der Waals surface area contributed by atoms with Crippen LogP contribution in [-0.2, 0) is 19.1 Å². The number of carbonyl (C=O) groups excluding carboxylic acids is 3. The van der Waals surface area contributed by atoms with Crippen LogP contribution in [0.15, 0.2) is 42.5 Å². The summed E-state index contributed by atoms with van der Waals surface area (Å²) in [5.74, 6) is -1.23. The van der Waals surface area contributed by atoms with Crippen LogP contribution in [-0.4, -0.2) is 49.0 Å². The minimum atomic E-state index is -0.713. The summed E-state index contributed by atoms with van der Waals surface area (Å²) in [6.07, 6.45) is 0.616. The van der Waals surface area contributed by atoms with Gasteiger partial charge in [-0.15, -0.1) is 0 Å². The number of nitrogens with zero attached hydrogens (tertiary/aromatic N) is 1. The van der Waals surface area contributed by atoms with Gasteiger partial charge in [-0.3, -0.25) is 9.59 Å². The molecule has 2 aromatic carbocycles. The number of amides is 2. The van der Waals surface area contributed by atoms with Crippen LogP contribution in [0, 0.1) is 0 Å². The molecule has 0 heterocycles. The summed E-state index contributed by atoms with van der Waals surface area (Å²) in [4.78, 5) is 37.9. The molecule has 0 aromatic heterocycles. The molecule has 0 radical (unpaired) electrons. The first-order valence-electron chi connectivity index (χ1n) is 9.35. The van der Waals surface area contributed by atoms with Crippen LogP contribution in [0.4, 0.5) is 5.69 Å². The fraction of sp³-hybridized carbons (Fsp3) is 0.286. The van der Waals surface area contributed by atoms with Gasteiger partial charge in [-0.1, -0.05) is 41.7 Å². The Morgan fingerprint density at radius 1 is 0.968 bits per heavy atom.